The van der Waals surface area contributed by atoms with Crippen LogP contribution in [0.3, 0.4) is 0 Å². The Bertz CT molecular complexity index is 288. The highest BCUT2D eigenvalue weighted by Crippen LogP contribution is 2.36. The van der Waals surface area contributed by atoms with E-state index in [0.29, 0.717) is 6.04 Å². The molecule has 2 rings (SSSR count). The third-order valence-corrected chi connectivity index (χ3v) is 3.10. The van der Waals surface area contributed by atoms with Crippen molar-refractivity contribution in [2.75, 3.05) is 6.54 Å². The summed E-state index contributed by atoms with van der Waals surface area (Å²) in [5.74, 6) is 0.810. The van der Waals surface area contributed by atoms with Crippen molar-refractivity contribution in [1.82, 2.24) is 15.1 Å². The number of nitrogens with one attached hydrogen (secondary N) is 1. The Balaban J connectivity index is 2.09. The molecule has 1 saturated carbocycles. The Morgan fingerprint density at radius 1 is 1.64 bits per heavy atom. The summed E-state index contributed by atoms with van der Waals surface area (Å²) in [6.45, 7) is 3.19. The number of rotatable bonds is 4. The predicted octanol–water partition coefficient (Wildman–Crippen LogP) is 1.87. The van der Waals surface area contributed by atoms with Crippen molar-refractivity contribution >= 4 is 0 Å². The minimum absolute atomic E-state index is 0.481. The molecular formula is C11H19N3. The number of hydrogen-bond acceptors (Lipinski definition) is 2. The van der Waals surface area contributed by atoms with Crippen LogP contribution < -0.4 is 5.32 Å². The van der Waals surface area contributed by atoms with Gasteiger partial charge >= 0.3 is 0 Å². The monoisotopic (exact) mass is 193 g/mol. The molecule has 1 unspecified atom stereocenters. The lowest BCUT2D eigenvalue weighted by Crippen LogP contribution is -2.32. The smallest absolute Gasteiger partial charge is 0.0796 e. The fraction of sp³-hybridized carbons (Fsp3) is 0.727. The second-order valence-corrected chi connectivity index (χ2v) is 4.14. The molecule has 78 valence electrons. The maximum absolute atomic E-state index is 4.49. The Hall–Kier alpha value is -0.830. The van der Waals surface area contributed by atoms with E-state index in [0.717, 1.165) is 12.5 Å². The minimum Gasteiger partial charge on any atom is -0.309 e. The van der Waals surface area contributed by atoms with Crippen LogP contribution in [0.4, 0.5) is 0 Å². The molecule has 0 aromatic carbocycles. The number of hydrogen-bond donors (Lipinski definition) is 1. The Kier molecular flexibility index (Phi) is 2.87. The van der Waals surface area contributed by atoms with Crippen molar-refractivity contribution in [3.63, 3.8) is 0 Å². The molecule has 1 fully saturated rings. The highest BCUT2D eigenvalue weighted by Gasteiger charge is 2.29. The fourth-order valence-electron chi connectivity index (χ4n) is 2.10. The summed E-state index contributed by atoms with van der Waals surface area (Å²) >= 11 is 0. The van der Waals surface area contributed by atoms with Crippen LogP contribution in [-0.2, 0) is 7.05 Å². The fourth-order valence-corrected chi connectivity index (χ4v) is 2.10. The summed E-state index contributed by atoms with van der Waals surface area (Å²) in [7, 11) is 1.98. The third kappa shape index (κ3) is 1.82. The predicted molar refractivity (Wildman–Crippen MR) is 57.0 cm³/mol. The maximum Gasteiger partial charge on any atom is 0.0796 e. The van der Waals surface area contributed by atoms with Crippen LogP contribution in [0.15, 0.2) is 12.3 Å². The first kappa shape index (κ1) is 9.71. The van der Waals surface area contributed by atoms with Crippen LogP contribution in [0.2, 0.25) is 0 Å². The third-order valence-electron chi connectivity index (χ3n) is 3.10. The Morgan fingerprint density at radius 2 is 2.43 bits per heavy atom. The number of aryl methyl sites for hydroxylation is 1. The van der Waals surface area contributed by atoms with Crippen molar-refractivity contribution in [2.24, 2.45) is 13.0 Å². The van der Waals surface area contributed by atoms with Crippen molar-refractivity contribution < 1.29 is 0 Å². The molecular weight excluding hydrogens is 174 g/mol. The highest BCUT2D eigenvalue weighted by atomic mass is 15.3. The van der Waals surface area contributed by atoms with Crippen molar-refractivity contribution in [3.8, 4) is 0 Å². The van der Waals surface area contributed by atoms with E-state index >= 15 is 0 Å². The maximum atomic E-state index is 4.49. The second kappa shape index (κ2) is 4.13. The zero-order chi connectivity index (χ0) is 9.97. The number of nitrogens with zero attached hydrogens (tertiary/aromatic N) is 2. The molecule has 0 saturated heterocycles. The molecule has 1 aromatic heterocycles. The summed E-state index contributed by atoms with van der Waals surface area (Å²) in [6.07, 6.45) is 6.13. The van der Waals surface area contributed by atoms with Gasteiger partial charge in [-0.15, -0.1) is 0 Å². The zero-order valence-corrected chi connectivity index (χ0v) is 9.03. The van der Waals surface area contributed by atoms with E-state index in [1.165, 1.54) is 25.0 Å². The largest absolute Gasteiger partial charge is 0.309 e. The molecule has 1 aliphatic carbocycles. The van der Waals surface area contributed by atoms with Crippen molar-refractivity contribution in [3.05, 3.63) is 18.0 Å². The molecule has 14 heavy (non-hydrogen) atoms. The molecule has 0 spiro atoms. The second-order valence-electron chi connectivity index (χ2n) is 4.14. The van der Waals surface area contributed by atoms with Crippen molar-refractivity contribution in [1.29, 1.82) is 0 Å². The van der Waals surface area contributed by atoms with E-state index in [1.807, 2.05) is 17.9 Å². The molecule has 3 heteroatoms. The average molecular weight is 193 g/mol. The van der Waals surface area contributed by atoms with Crippen LogP contribution >= 0.6 is 0 Å². The summed E-state index contributed by atoms with van der Waals surface area (Å²) < 4.78 is 1.89. The molecule has 1 aromatic rings. The topological polar surface area (TPSA) is 29.9 Å². The normalized spacial score (nSPS) is 19.3. The van der Waals surface area contributed by atoms with Gasteiger partial charge < -0.3 is 5.32 Å². The lowest BCUT2D eigenvalue weighted by Gasteiger charge is -2.33. The van der Waals surface area contributed by atoms with Gasteiger partial charge in [-0.3, -0.25) is 4.68 Å². The lowest BCUT2D eigenvalue weighted by atomic mass is 9.78. The van der Waals surface area contributed by atoms with Crippen LogP contribution in [0.5, 0.6) is 0 Å². The van der Waals surface area contributed by atoms with Crippen LogP contribution in [0.1, 0.15) is 37.9 Å². The van der Waals surface area contributed by atoms with E-state index in [1.54, 1.807) is 0 Å². The molecule has 0 bridgehead atoms. The van der Waals surface area contributed by atoms with Gasteiger partial charge in [0.15, 0.2) is 0 Å². The quantitative estimate of drug-likeness (QED) is 0.791. The SMILES string of the molecule is CCNC(c1ccn(C)n1)C1CCC1. The van der Waals surface area contributed by atoms with Gasteiger partial charge in [-0.05, 0) is 31.4 Å². The average Bonchev–Trinajstić information content (AvgIpc) is 2.48. The first-order chi connectivity index (χ1) is 6.81. The van der Waals surface area contributed by atoms with E-state index in [-0.39, 0.29) is 0 Å². The molecule has 1 atom stereocenters. The molecule has 0 amide bonds. The van der Waals surface area contributed by atoms with Gasteiger partial charge in [0, 0.05) is 13.2 Å². The summed E-state index contributed by atoms with van der Waals surface area (Å²) in [5, 5.41) is 8.03. The van der Waals surface area contributed by atoms with Gasteiger partial charge in [0.1, 0.15) is 0 Å². The van der Waals surface area contributed by atoms with Gasteiger partial charge in [-0.25, -0.2) is 0 Å². The Labute approximate surface area is 85.5 Å². The van der Waals surface area contributed by atoms with Gasteiger partial charge in [0.05, 0.1) is 11.7 Å². The Morgan fingerprint density at radius 3 is 2.86 bits per heavy atom. The van der Waals surface area contributed by atoms with Gasteiger partial charge in [-0.2, -0.15) is 5.10 Å². The van der Waals surface area contributed by atoms with Crippen LogP contribution in [0.25, 0.3) is 0 Å². The van der Waals surface area contributed by atoms with Crippen LogP contribution in [-0.4, -0.2) is 16.3 Å². The minimum atomic E-state index is 0.481. The lowest BCUT2D eigenvalue weighted by molar-refractivity contribution is 0.229. The molecule has 1 heterocycles. The van der Waals surface area contributed by atoms with Gasteiger partial charge in [0.25, 0.3) is 0 Å². The van der Waals surface area contributed by atoms with Gasteiger partial charge in [-0.1, -0.05) is 13.3 Å². The summed E-state index contributed by atoms with van der Waals surface area (Å²) in [4.78, 5) is 0. The van der Waals surface area contributed by atoms with Crippen molar-refractivity contribution in [2.45, 2.75) is 32.2 Å². The summed E-state index contributed by atoms with van der Waals surface area (Å²) in [6, 6.07) is 2.61. The van der Waals surface area contributed by atoms with E-state index in [9.17, 15) is 0 Å². The first-order valence-corrected chi connectivity index (χ1v) is 5.54. The van der Waals surface area contributed by atoms with E-state index < -0.39 is 0 Å². The highest BCUT2D eigenvalue weighted by molar-refractivity contribution is 5.08. The summed E-state index contributed by atoms with van der Waals surface area (Å²) in [5.41, 5.74) is 1.21. The number of aromatic nitrogens is 2. The standard InChI is InChI=1S/C11H19N3/c1-3-12-11(9-5-4-6-9)10-7-8-14(2)13-10/h7-9,11-12H,3-6H2,1-2H3. The van der Waals surface area contributed by atoms with E-state index in [2.05, 4.69) is 23.4 Å². The zero-order valence-electron chi connectivity index (χ0n) is 9.03. The molecule has 0 radical (unpaired) electrons. The van der Waals surface area contributed by atoms with E-state index in [4.69, 9.17) is 0 Å². The molecule has 3 nitrogen and oxygen atoms in total. The first-order valence-electron chi connectivity index (χ1n) is 5.54. The van der Waals surface area contributed by atoms with Crippen LogP contribution in [0, 0.1) is 5.92 Å². The molecule has 0 aliphatic heterocycles. The van der Waals surface area contributed by atoms with Gasteiger partial charge in [0.2, 0.25) is 0 Å². The molecule has 1 N–H and O–H groups in total. The molecule has 1 aliphatic rings.